The molecule has 1 aromatic carbocycles. The quantitative estimate of drug-likeness (QED) is 0.744. The molecule has 0 radical (unpaired) electrons. The summed E-state index contributed by atoms with van der Waals surface area (Å²) in [5.74, 6) is -0.366. The first-order valence-electron chi connectivity index (χ1n) is 6.37. The summed E-state index contributed by atoms with van der Waals surface area (Å²) in [6, 6.07) is 6.30. The Morgan fingerprint density at radius 1 is 1.22 bits per heavy atom. The lowest BCUT2D eigenvalue weighted by Crippen LogP contribution is -2.33. The minimum atomic E-state index is -0.183. The molecule has 1 aliphatic carbocycles. The maximum atomic E-state index is 11.7. The molecule has 18 heavy (non-hydrogen) atoms. The smallest absolute Gasteiger partial charge is 0.254 e. The van der Waals surface area contributed by atoms with Gasteiger partial charge in [-0.05, 0) is 36.0 Å². The average molecular weight is 241 g/mol. The number of hydrogen-bond donors (Lipinski definition) is 0. The van der Waals surface area contributed by atoms with Crippen molar-refractivity contribution in [2.24, 2.45) is 0 Å². The molecule has 0 bridgehead atoms. The summed E-state index contributed by atoms with van der Waals surface area (Å²) in [4.78, 5) is 24.8. The van der Waals surface area contributed by atoms with E-state index in [1.165, 1.54) is 28.2 Å². The topological polar surface area (TPSA) is 37.4 Å². The summed E-state index contributed by atoms with van der Waals surface area (Å²) in [5, 5.41) is 0. The molecular formula is C15H15NO2. The van der Waals surface area contributed by atoms with Crippen molar-refractivity contribution in [2.75, 3.05) is 0 Å². The van der Waals surface area contributed by atoms with Crippen LogP contribution < -0.4 is 0 Å². The van der Waals surface area contributed by atoms with Crippen molar-refractivity contribution in [3.8, 4) is 0 Å². The molecule has 1 heterocycles. The molecule has 0 saturated carbocycles. The van der Waals surface area contributed by atoms with Gasteiger partial charge in [-0.1, -0.05) is 25.1 Å². The van der Waals surface area contributed by atoms with E-state index in [0.29, 0.717) is 0 Å². The lowest BCUT2D eigenvalue weighted by molar-refractivity contribution is -0.139. The van der Waals surface area contributed by atoms with Gasteiger partial charge in [0.2, 0.25) is 0 Å². The predicted molar refractivity (Wildman–Crippen MR) is 67.9 cm³/mol. The van der Waals surface area contributed by atoms with Crippen LogP contribution in [0.1, 0.15) is 36.1 Å². The minimum absolute atomic E-state index is 0.0686. The van der Waals surface area contributed by atoms with Crippen LogP contribution in [0.2, 0.25) is 0 Å². The molecule has 2 aliphatic rings. The highest BCUT2D eigenvalue weighted by atomic mass is 16.2. The molecule has 1 aromatic rings. The molecule has 0 aromatic heterocycles. The van der Waals surface area contributed by atoms with E-state index in [0.717, 1.165) is 24.8 Å². The first-order chi connectivity index (χ1) is 8.70. The van der Waals surface area contributed by atoms with Crippen molar-refractivity contribution in [2.45, 2.75) is 32.2 Å². The summed E-state index contributed by atoms with van der Waals surface area (Å²) in [6.07, 6.45) is 5.54. The molecule has 1 aliphatic heterocycles. The third-order valence-corrected chi connectivity index (χ3v) is 3.82. The molecule has 0 spiro atoms. The molecule has 0 fully saturated rings. The van der Waals surface area contributed by atoms with Gasteiger partial charge in [-0.2, -0.15) is 0 Å². The van der Waals surface area contributed by atoms with Crippen molar-refractivity contribution >= 4 is 11.8 Å². The van der Waals surface area contributed by atoms with E-state index in [1.807, 2.05) is 0 Å². The van der Waals surface area contributed by atoms with Crippen LogP contribution in [0.4, 0.5) is 0 Å². The third kappa shape index (κ3) is 1.58. The van der Waals surface area contributed by atoms with Gasteiger partial charge < -0.3 is 0 Å². The number of rotatable bonds is 2. The number of fused-ring (bicyclic) bond motifs is 1. The zero-order valence-electron chi connectivity index (χ0n) is 10.3. The van der Waals surface area contributed by atoms with Crippen molar-refractivity contribution in [1.29, 1.82) is 0 Å². The number of carbonyl (C=O) groups excluding carboxylic acids is 2. The highest BCUT2D eigenvalue weighted by Gasteiger charge is 2.35. The highest BCUT2D eigenvalue weighted by Crippen LogP contribution is 2.37. The summed E-state index contributed by atoms with van der Waals surface area (Å²) < 4.78 is 0. The highest BCUT2D eigenvalue weighted by molar-refractivity contribution is 6.13. The van der Waals surface area contributed by atoms with E-state index < -0.39 is 0 Å². The molecule has 1 atom stereocenters. The Morgan fingerprint density at radius 2 is 1.94 bits per heavy atom. The van der Waals surface area contributed by atoms with Crippen LogP contribution in [0, 0.1) is 0 Å². The SMILES string of the molecule is CCc1ccc2c(c1)CC[C@@H]2N1C(=O)C=CC1=O. The van der Waals surface area contributed by atoms with E-state index >= 15 is 0 Å². The van der Waals surface area contributed by atoms with Crippen LogP contribution in [0.5, 0.6) is 0 Å². The molecule has 92 valence electrons. The number of amides is 2. The fourth-order valence-electron chi connectivity index (χ4n) is 2.86. The van der Waals surface area contributed by atoms with Gasteiger partial charge in [0.05, 0.1) is 6.04 Å². The summed E-state index contributed by atoms with van der Waals surface area (Å²) in [6.45, 7) is 2.13. The zero-order valence-corrected chi connectivity index (χ0v) is 10.3. The first kappa shape index (κ1) is 11.2. The van der Waals surface area contributed by atoms with Crippen LogP contribution in [0.15, 0.2) is 30.4 Å². The maximum Gasteiger partial charge on any atom is 0.254 e. The first-order valence-corrected chi connectivity index (χ1v) is 6.37. The van der Waals surface area contributed by atoms with E-state index in [-0.39, 0.29) is 17.9 Å². The number of benzene rings is 1. The van der Waals surface area contributed by atoms with Crippen LogP contribution in [0.25, 0.3) is 0 Å². The Labute approximate surface area is 106 Å². The minimum Gasteiger partial charge on any atom is -0.269 e. The van der Waals surface area contributed by atoms with E-state index in [4.69, 9.17) is 0 Å². The normalized spacial score (nSPS) is 21.8. The Bertz CT molecular complexity index is 542. The van der Waals surface area contributed by atoms with Crippen LogP contribution in [-0.4, -0.2) is 16.7 Å². The largest absolute Gasteiger partial charge is 0.269 e. The van der Waals surface area contributed by atoms with Crippen LogP contribution in [0.3, 0.4) is 0 Å². The number of aryl methyl sites for hydroxylation is 2. The molecule has 0 unspecified atom stereocenters. The predicted octanol–water partition coefficient (Wildman–Crippen LogP) is 2.16. The van der Waals surface area contributed by atoms with Gasteiger partial charge in [-0.15, -0.1) is 0 Å². The monoisotopic (exact) mass is 241 g/mol. The maximum absolute atomic E-state index is 11.7. The van der Waals surface area contributed by atoms with Gasteiger partial charge in [0.25, 0.3) is 11.8 Å². The Balaban J connectivity index is 1.96. The van der Waals surface area contributed by atoms with Gasteiger partial charge in [0, 0.05) is 12.2 Å². The molecule has 3 rings (SSSR count). The lowest BCUT2D eigenvalue weighted by atomic mass is 10.0. The van der Waals surface area contributed by atoms with Gasteiger partial charge in [-0.25, -0.2) is 0 Å². The average Bonchev–Trinajstić information content (AvgIpc) is 2.92. The second kappa shape index (κ2) is 4.09. The lowest BCUT2D eigenvalue weighted by Gasteiger charge is -2.22. The number of hydrogen-bond acceptors (Lipinski definition) is 2. The van der Waals surface area contributed by atoms with Crippen LogP contribution in [-0.2, 0) is 22.4 Å². The number of nitrogens with zero attached hydrogens (tertiary/aromatic N) is 1. The fourth-order valence-corrected chi connectivity index (χ4v) is 2.86. The van der Waals surface area contributed by atoms with E-state index in [2.05, 4.69) is 25.1 Å². The van der Waals surface area contributed by atoms with Crippen LogP contribution >= 0.6 is 0 Å². The second-order valence-corrected chi connectivity index (χ2v) is 4.82. The Hall–Kier alpha value is -1.90. The second-order valence-electron chi connectivity index (χ2n) is 4.82. The summed E-state index contributed by atoms with van der Waals surface area (Å²) in [5.41, 5.74) is 3.73. The van der Waals surface area contributed by atoms with Crippen molar-refractivity contribution in [3.63, 3.8) is 0 Å². The van der Waals surface area contributed by atoms with E-state index in [9.17, 15) is 9.59 Å². The molecule has 3 nitrogen and oxygen atoms in total. The van der Waals surface area contributed by atoms with Gasteiger partial charge in [-0.3, -0.25) is 14.5 Å². The number of carbonyl (C=O) groups is 2. The Morgan fingerprint density at radius 3 is 2.61 bits per heavy atom. The summed E-state index contributed by atoms with van der Waals surface area (Å²) in [7, 11) is 0. The Kier molecular flexibility index (Phi) is 2.54. The zero-order chi connectivity index (χ0) is 12.7. The molecule has 3 heteroatoms. The van der Waals surface area contributed by atoms with Crippen molar-refractivity contribution in [1.82, 2.24) is 4.90 Å². The third-order valence-electron chi connectivity index (χ3n) is 3.82. The number of imide groups is 1. The standard InChI is InChI=1S/C15H15NO2/c1-2-10-3-5-12-11(9-10)4-6-13(12)16-14(17)7-8-15(16)18/h3,5,7-9,13H,2,4,6H2,1H3/t13-/m0/s1. The van der Waals surface area contributed by atoms with E-state index in [1.54, 1.807) is 0 Å². The molecule has 2 amide bonds. The van der Waals surface area contributed by atoms with Crippen molar-refractivity contribution in [3.05, 3.63) is 47.0 Å². The van der Waals surface area contributed by atoms with Gasteiger partial charge in [0.15, 0.2) is 0 Å². The van der Waals surface area contributed by atoms with Gasteiger partial charge >= 0.3 is 0 Å². The fraction of sp³-hybridized carbons (Fsp3) is 0.333. The summed E-state index contributed by atoms with van der Waals surface area (Å²) >= 11 is 0. The molecule has 0 N–H and O–H groups in total. The van der Waals surface area contributed by atoms with Crippen molar-refractivity contribution < 1.29 is 9.59 Å². The molecule has 0 saturated heterocycles. The van der Waals surface area contributed by atoms with Gasteiger partial charge in [0.1, 0.15) is 0 Å². The molecular weight excluding hydrogens is 226 g/mol.